The summed E-state index contributed by atoms with van der Waals surface area (Å²) in [5.74, 6) is -0.286. The van der Waals surface area contributed by atoms with E-state index in [1.165, 1.54) is 6.07 Å². The van der Waals surface area contributed by atoms with Crippen molar-refractivity contribution in [3.8, 4) is 0 Å². The first-order valence-electron chi connectivity index (χ1n) is 7.29. The van der Waals surface area contributed by atoms with E-state index < -0.39 is 5.54 Å². The molecule has 0 unspecified atom stereocenters. The molecule has 5 nitrogen and oxygen atoms in total. The van der Waals surface area contributed by atoms with Crippen LogP contribution in [0.15, 0.2) is 33.5 Å². The van der Waals surface area contributed by atoms with Crippen LogP contribution in [-0.4, -0.2) is 23.0 Å². The average molecular weight is 403 g/mol. The zero-order chi connectivity index (χ0) is 16.3. The SMILES string of the molecule is CCC(N)(CC)CNC(=O)c1cc(=O)[nH]c2c(Br)cccc12.Cl. The molecule has 2 aromatic rings. The number of fused-ring (bicyclic) bond motifs is 1. The summed E-state index contributed by atoms with van der Waals surface area (Å²) in [6.07, 6.45) is 1.54. The largest absolute Gasteiger partial charge is 0.350 e. The number of carbonyl (C=O) groups excluding carboxylic acids is 1. The number of pyridine rings is 1. The molecule has 0 saturated heterocycles. The first-order valence-corrected chi connectivity index (χ1v) is 8.08. The summed E-state index contributed by atoms with van der Waals surface area (Å²) in [6, 6.07) is 6.77. The van der Waals surface area contributed by atoms with Crippen LogP contribution in [0.5, 0.6) is 0 Å². The zero-order valence-corrected chi connectivity index (χ0v) is 15.5. The first-order chi connectivity index (χ1) is 10.4. The van der Waals surface area contributed by atoms with Crippen LogP contribution in [0.2, 0.25) is 0 Å². The number of carbonyl (C=O) groups is 1. The fraction of sp³-hybridized carbons (Fsp3) is 0.375. The molecule has 0 aliphatic rings. The number of amides is 1. The molecule has 2 rings (SSSR count). The highest BCUT2D eigenvalue weighted by atomic mass is 79.9. The topological polar surface area (TPSA) is 88.0 Å². The minimum Gasteiger partial charge on any atom is -0.350 e. The summed E-state index contributed by atoms with van der Waals surface area (Å²) in [5, 5.41) is 3.54. The Hall–Kier alpha value is -1.37. The molecular formula is C16H21BrClN3O2. The molecule has 0 saturated carbocycles. The summed E-state index contributed by atoms with van der Waals surface area (Å²) >= 11 is 3.39. The van der Waals surface area contributed by atoms with Gasteiger partial charge in [0.05, 0.1) is 11.1 Å². The third kappa shape index (κ3) is 4.34. The minimum atomic E-state index is -0.423. The molecule has 23 heavy (non-hydrogen) atoms. The van der Waals surface area contributed by atoms with Gasteiger partial charge in [0, 0.05) is 28.0 Å². The lowest BCUT2D eigenvalue weighted by molar-refractivity contribution is 0.0943. The van der Waals surface area contributed by atoms with Crippen LogP contribution in [0, 0.1) is 0 Å². The van der Waals surface area contributed by atoms with Crippen LogP contribution >= 0.6 is 28.3 Å². The third-order valence-electron chi connectivity index (χ3n) is 4.08. The molecule has 126 valence electrons. The number of aromatic nitrogens is 1. The Balaban J connectivity index is 0.00000264. The van der Waals surface area contributed by atoms with Crippen molar-refractivity contribution >= 4 is 45.1 Å². The van der Waals surface area contributed by atoms with Crippen molar-refractivity contribution in [1.29, 1.82) is 0 Å². The first kappa shape index (κ1) is 19.7. The number of halogens is 2. The number of H-pyrrole nitrogens is 1. The molecule has 0 spiro atoms. The normalized spacial score (nSPS) is 11.1. The van der Waals surface area contributed by atoms with Crippen molar-refractivity contribution in [2.45, 2.75) is 32.2 Å². The van der Waals surface area contributed by atoms with Gasteiger partial charge >= 0.3 is 0 Å². The minimum absolute atomic E-state index is 0. The highest BCUT2D eigenvalue weighted by Gasteiger charge is 2.22. The van der Waals surface area contributed by atoms with E-state index in [1.54, 1.807) is 6.07 Å². The summed E-state index contributed by atoms with van der Waals surface area (Å²) in [4.78, 5) is 27.0. The van der Waals surface area contributed by atoms with Gasteiger partial charge in [-0.05, 0) is 34.8 Å². The highest BCUT2D eigenvalue weighted by Crippen LogP contribution is 2.23. The van der Waals surface area contributed by atoms with Crippen LogP contribution in [0.25, 0.3) is 10.9 Å². The number of rotatable bonds is 5. The van der Waals surface area contributed by atoms with Gasteiger partial charge < -0.3 is 16.0 Å². The number of benzene rings is 1. The molecule has 1 heterocycles. The van der Waals surface area contributed by atoms with Crippen molar-refractivity contribution in [2.24, 2.45) is 5.73 Å². The van der Waals surface area contributed by atoms with Gasteiger partial charge in [-0.1, -0.05) is 26.0 Å². The van der Waals surface area contributed by atoms with Crippen molar-refractivity contribution < 1.29 is 4.79 Å². The Morgan fingerprint density at radius 3 is 2.61 bits per heavy atom. The lowest BCUT2D eigenvalue weighted by Gasteiger charge is -2.26. The molecule has 7 heteroatoms. The second-order valence-electron chi connectivity index (χ2n) is 5.46. The van der Waals surface area contributed by atoms with Crippen molar-refractivity contribution in [2.75, 3.05) is 6.54 Å². The second-order valence-corrected chi connectivity index (χ2v) is 6.32. The molecule has 0 aliphatic heterocycles. The van der Waals surface area contributed by atoms with E-state index in [9.17, 15) is 9.59 Å². The Kier molecular flexibility index (Phi) is 6.80. The summed E-state index contributed by atoms with van der Waals surface area (Å²) in [7, 11) is 0. The predicted molar refractivity (Wildman–Crippen MR) is 99.4 cm³/mol. The number of hydrogen-bond acceptors (Lipinski definition) is 3. The van der Waals surface area contributed by atoms with Crippen molar-refractivity contribution in [3.05, 3.63) is 44.7 Å². The summed E-state index contributed by atoms with van der Waals surface area (Å²) < 4.78 is 0.743. The van der Waals surface area contributed by atoms with E-state index in [2.05, 4.69) is 26.2 Å². The van der Waals surface area contributed by atoms with E-state index in [1.807, 2.05) is 26.0 Å². The molecular weight excluding hydrogens is 382 g/mol. The molecule has 4 N–H and O–H groups in total. The fourth-order valence-electron chi connectivity index (χ4n) is 2.28. The van der Waals surface area contributed by atoms with Gasteiger partial charge in [0.25, 0.3) is 5.91 Å². The highest BCUT2D eigenvalue weighted by molar-refractivity contribution is 9.10. The zero-order valence-electron chi connectivity index (χ0n) is 13.1. The summed E-state index contributed by atoms with van der Waals surface area (Å²) in [6.45, 7) is 4.37. The van der Waals surface area contributed by atoms with E-state index >= 15 is 0 Å². The quantitative estimate of drug-likeness (QED) is 0.718. The molecule has 0 bridgehead atoms. The van der Waals surface area contributed by atoms with Crippen molar-refractivity contribution in [1.82, 2.24) is 10.3 Å². The Morgan fingerprint density at radius 1 is 1.35 bits per heavy atom. The van der Waals surface area contributed by atoms with Gasteiger partial charge in [0.2, 0.25) is 5.56 Å². The molecule has 0 atom stereocenters. The van der Waals surface area contributed by atoms with Gasteiger partial charge in [-0.25, -0.2) is 0 Å². The molecule has 0 fully saturated rings. The smallest absolute Gasteiger partial charge is 0.252 e. The van der Waals surface area contributed by atoms with Gasteiger partial charge in [-0.2, -0.15) is 0 Å². The maximum atomic E-state index is 12.5. The molecule has 0 radical (unpaired) electrons. The number of nitrogens with one attached hydrogen (secondary N) is 2. The van der Waals surface area contributed by atoms with Crippen LogP contribution in [0.4, 0.5) is 0 Å². The molecule has 1 amide bonds. The van der Waals surface area contributed by atoms with E-state index in [4.69, 9.17) is 5.73 Å². The van der Waals surface area contributed by atoms with Gasteiger partial charge in [-0.3, -0.25) is 9.59 Å². The fourth-order valence-corrected chi connectivity index (χ4v) is 2.75. The number of para-hydroxylation sites is 1. The molecule has 1 aromatic heterocycles. The van der Waals surface area contributed by atoms with Gasteiger partial charge in [0.15, 0.2) is 0 Å². The second kappa shape index (κ2) is 7.95. The Labute approximate surface area is 149 Å². The van der Waals surface area contributed by atoms with Gasteiger partial charge in [0.1, 0.15) is 0 Å². The van der Waals surface area contributed by atoms with Crippen LogP contribution in [0.1, 0.15) is 37.0 Å². The van der Waals surface area contributed by atoms with Crippen LogP contribution in [-0.2, 0) is 0 Å². The number of hydrogen-bond donors (Lipinski definition) is 3. The van der Waals surface area contributed by atoms with Crippen molar-refractivity contribution in [3.63, 3.8) is 0 Å². The number of aromatic amines is 1. The Bertz CT molecular complexity index is 757. The lowest BCUT2D eigenvalue weighted by atomic mass is 9.94. The molecule has 0 aliphatic carbocycles. The average Bonchev–Trinajstić information content (AvgIpc) is 2.52. The van der Waals surface area contributed by atoms with Crippen LogP contribution < -0.4 is 16.6 Å². The van der Waals surface area contributed by atoms with E-state index in [-0.39, 0.29) is 23.9 Å². The van der Waals surface area contributed by atoms with E-state index in [0.29, 0.717) is 23.0 Å². The number of nitrogens with two attached hydrogens (primary N) is 1. The van der Waals surface area contributed by atoms with E-state index in [0.717, 1.165) is 17.3 Å². The lowest BCUT2D eigenvalue weighted by Crippen LogP contribution is -2.49. The standard InChI is InChI=1S/C16H20BrN3O2.ClH/c1-3-16(18,4-2)9-19-15(22)11-8-13(21)20-14-10(11)6-5-7-12(14)17;/h5-8H,3-4,9,18H2,1-2H3,(H,19,22)(H,20,21);1H. The maximum absolute atomic E-state index is 12.5. The maximum Gasteiger partial charge on any atom is 0.252 e. The third-order valence-corrected chi connectivity index (χ3v) is 4.74. The molecule has 1 aromatic carbocycles. The summed E-state index contributed by atoms with van der Waals surface area (Å²) in [5.41, 5.74) is 6.44. The Morgan fingerprint density at radius 2 is 2.00 bits per heavy atom. The van der Waals surface area contributed by atoms with Gasteiger partial charge in [-0.15, -0.1) is 12.4 Å². The predicted octanol–water partition coefficient (Wildman–Crippen LogP) is 2.96. The monoisotopic (exact) mass is 401 g/mol. The van der Waals surface area contributed by atoms with Crippen LogP contribution in [0.3, 0.4) is 0 Å².